The zero-order chi connectivity index (χ0) is 13.5. The van der Waals surface area contributed by atoms with Gasteiger partial charge in [0.05, 0.1) is 12.5 Å². The highest BCUT2D eigenvalue weighted by Crippen LogP contribution is 2.19. The number of hydrogen-bond acceptors (Lipinski definition) is 2. The molecule has 96 valence electrons. The first kappa shape index (κ1) is 14.5. The molecule has 0 heterocycles. The van der Waals surface area contributed by atoms with Crippen molar-refractivity contribution in [1.29, 1.82) is 5.26 Å². The molecule has 0 aliphatic rings. The summed E-state index contributed by atoms with van der Waals surface area (Å²) in [6, 6.07) is 8.40. The van der Waals surface area contributed by atoms with E-state index in [1.807, 2.05) is 17.9 Å². The van der Waals surface area contributed by atoms with Crippen LogP contribution in [0.2, 0.25) is 0 Å². The standard InChI is InChI=1S/C14H19N3S/c1-4-16-14(18)17(9-5-8-15)13-7-6-11(2)12(3)10-13/h6-7,10H,4-5,9H2,1-3H3,(H,16,18). The van der Waals surface area contributed by atoms with Gasteiger partial charge in [-0.1, -0.05) is 6.07 Å². The van der Waals surface area contributed by atoms with Crippen LogP contribution in [0.5, 0.6) is 0 Å². The number of nitrogens with one attached hydrogen (secondary N) is 1. The van der Waals surface area contributed by atoms with E-state index in [9.17, 15) is 0 Å². The number of aryl methyl sites for hydroxylation is 2. The fraction of sp³-hybridized carbons (Fsp3) is 0.429. The van der Waals surface area contributed by atoms with Gasteiger partial charge in [0.2, 0.25) is 0 Å². The molecule has 0 atom stereocenters. The number of nitriles is 1. The Bertz CT molecular complexity index is 463. The maximum Gasteiger partial charge on any atom is 0.173 e. The molecule has 0 fully saturated rings. The van der Waals surface area contributed by atoms with Crippen molar-refractivity contribution in [3.63, 3.8) is 0 Å². The molecular formula is C14H19N3S. The van der Waals surface area contributed by atoms with E-state index >= 15 is 0 Å². The van der Waals surface area contributed by atoms with Crippen molar-refractivity contribution in [3.05, 3.63) is 29.3 Å². The first-order valence-electron chi connectivity index (χ1n) is 6.09. The molecule has 4 heteroatoms. The maximum absolute atomic E-state index is 8.73. The molecule has 1 N–H and O–H groups in total. The van der Waals surface area contributed by atoms with Crippen LogP contribution in [-0.4, -0.2) is 18.2 Å². The molecule has 0 aliphatic heterocycles. The van der Waals surface area contributed by atoms with Gasteiger partial charge >= 0.3 is 0 Å². The second-order valence-electron chi connectivity index (χ2n) is 4.16. The molecule has 0 saturated carbocycles. The van der Waals surface area contributed by atoms with Crippen LogP contribution in [0.3, 0.4) is 0 Å². The third-order valence-corrected chi connectivity index (χ3v) is 3.19. The SMILES string of the molecule is CCNC(=S)N(CCC#N)c1ccc(C)c(C)c1. The summed E-state index contributed by atoms with van der Waals surface area (Å²) < 4.78 is 0. The van der Waals surface area contributed by atoms with Crippen molar-refractivity contribution < 1.29 is 0 Å². The molecule has 0 bridgehead atoms. The van der Waals surface area contributed by atoms with Gasteiger partial charge in [0.25, 0.3) is 0 Å². The van der Waals surface area contributed by atoms with Crippen LogP contribution < -0.4 is 10.2 Å². The van der Waals surface area contributed by atoms with Crippen molar-refractivity contribution in [1.82, 2.24) is 5.32 Å². The minimum atomic E-state index is 0.457. The molecule has 1 rings (SSSR count). The lowest BCUT2D eigenvalue weighted by molar-refractivity contribution is 0.903. The Kier molecular flexibility index (Phi) is 5.60. The van der Waals surface area contributed by atoms with Crippen LogP contribution in [0.1, 0.15) is 24.5 Å². The minimum Gasteiger partial charge on any atom is -0.363 e. The molecule has 0 saturated heterocycles. The van der Waals surface area contributed by atoms with E-state index < -0.39 is 0 Å². The molecule has 0 aliphatic carbocycles. The second-order valence-corrected chi connectivity index (χ2v) is 4.55. The Morgan fingerprint density at radius 2 is 2.11 bits per heavy atom. The fourth-order valence-corrected chi connectivity index (χ4v) is 1.99. The molecule has 0 radical (unpaired) electrons. The highest BCUT2D eigenvalue weighted by Gasteiger charge is 2.11. The van der Waals surface area contributed by atoms with E-state index in [0.29, 0.717) is 18.1 Å². The predicted molar refractivity (Wildman–Crippen MR) is 79.8 cm³/mol. The average molecular weight is 261 g/mol. The molecule has 3 nitrogen and oxygen atoms in total. The van der Waals surface area contributed by atoms with Crippen molar-refractivity contribution in [2.24, 2.45) is 0 Å². The normalized spacial score (nSPS) is 9.67. The van der Waals surface area contributed by atoms with Crippen molar-refractivity contribution >= 4 is 23.0 Å². The van der Waals surface area contributed by atoms with Crippen LogP contribution in [0.25, 0.3) is 0 Å². The lowest BCUT2D eigenvalue weighted by Gasteiger charge is -2.25. The number of hydrogen-bond donors (Lipinski definition) is 1. The second kappa shape index (κ2) is 6.97. The summed E-state index contributed by atoms with van der Waals surface area (Å²) in [5.41, 5.74) is 3.53. The van der Waals surface area contributed by atoms with E-state index in [0.717, 1.165) is 12.2 Å². The fourth-order valence-electron chi connectivity index (χ4n) is 1.65. The maximum atomic E-state index is 8.73. The number of anilines is 1. The number of benzene rings is 1. The summed E-state index contributed by atoms with van der Waals surface area (Å²) in [6.45, 7) is 7.58. The van der Waals surface area contributed by atoms with Crippen molar-refractivity contribution in [2.75, 3.05) is 18.0 Å². The first-order valence-corrected chi connectivity index (χ1v) is 6.50. The lowest BCUT2D eigenvalue weighted by atomic mass is 10.1. The van der Waals surface area contributed by atoms with Gasteiger partial charge in [-0.05, 0) is 56.2 Å². The van der Waals surface area contributed by atoms with Crippen LogP contribution in [0, 0.1) is 25.2 Å². The summed E-state index contributed by atoms with van der Waals surface area (Å²) in [7, 11) is 0. The summed E-state index contributed by atoms with van der Waals surface area (Å²) in [4.78, 5) is 1.98. The van der Waals surface area contributed by atoms with Gasteiger partial charge in [0.1, 0.15) is 0 Å². The van der Waals surface area contributed by atoms with E-state index in [1.54, 1.807) is 0 Å². The van der Waals surface area contributed by atoms with E-state index in [1.165, 1.54) is 11.1 Å². The highest BCUT2D eigenvalue weighted by atomic mass is 32.1. The molecular weight excluding hydrogens is 242 g/mol. The lowest BCUT2D eigenvalue weighted by Crippen LogP contribution is -2.40. The Balaban J connectivity index is 2.97. The van der Waals surface area contributed by atoms with Gasteiger partial charge in [0, 0.05) is 18.8 Å². The summed E-state index contributed by atoms with van der Waals surface area (Å²) in [5, 5.41) is 12.5. The summed E-state index contributed by atoms with van der Waals surface area (Å²) in [5.74, 6) is 0. The minimum absolute atomic E-state index is 0.457. The number of thiocarbonyl (C=S) groups is 1. The summed E-state index contributed by atoms with van der Waals surface area (Å²) in [6.07, 6.45) is 0.457. The monoisotopic (exact) mass is 261 g/mol. The molecule has 0 spiro atoms. The Labute approximate surface area is 114 Å². The van der Waals surface area contributed by atoms with Crippen molar-refractivity contribution in [2.45, 2.75) is 27.2 Å². The van der Waals surface area contributed by atoms with Gasteiger partial charge in [-0.25, -0.2) is 0 Å². The molecule has 0 amide bonds. The number of nitrogens with zero attached hydrogens (tertiary/aromatic N) is 2. The Hall–Kier alpha value is -1.60. The van der Waals surface area contributed by atoms with Crippen molar-refractivity contribution in [3.8, 4) is 6.07 Å². The highest BCUT2D eigenvalue weighted by molar-refractivity contribution is 7.80. The summed E-state index contributed by atoms with van der Waals surface area (Å²) >= 11 is 5.35. The molecule has 1 aromatic rings. The van der Waals surface area contributed by atoms with E-state index in [2.05, 4.69) is 37.4 Å². The Morgan fingerprint density at radius 3 is 2.67 bits per heavy atom. The molecule has 0 unspecified atom stereocenters. The number of rotatable bonds is 4. The predicted octanol–water partition coefficient (Wildman–Crippen LogP) is 2.92. The van der Waals surface area contributed by atoms with Crippen LogP contribution in [0.4, 0.5) is 5.69 Å². The Morgan fingerprint density at radius 1 is 1.39 bits per heavy atom. The third-order valence-electron chi connectivity index (χ3n) is 2.82. The quantitative estimate of drug-likeness (QED) is 0.846. The van der Waals surface area contributed by atoms with E-state index in [-0.39, 0.29) is 0 Å². The largest absolute Gasteiger partial charge is 0.363 e. The third kappa shape index (κ3) is 3.71. The van der Waals surface area contributed by atoms with Crippen LogP contribution >= 0.6 is 12.2 Å². The average Bonchev–Trinajstić information content (AvgIpc) is 2.34. The molecule has 18 heavy (non-hydrogen) atoms. The molecule has 0 aromatic heterocycles. The zero-order valence-corrected chi connectivity index (χ0v) is 12.0. The zero-order valence-electron chi connectivity index (χ0n) is 11.2. The first-order chi connectivity index (χ1) is 8.60. The van der Waals surface area contributed by atoms with E-state index in [4.69, 9.17) is 17.5 Å². The molecule has 1 aromatic carbocycles. The topological polar surface area (TPSA) is 39.1 Å². The van der Waals surface area contributed by atoms with Gasteiger partial charge in [-0.3, -0.25) is 0 Å². The van der Waals surface area contributed by atoms with Crippen LogP contribution in [0.15, 0.2) is 18.2 Å². The van der Waals surface area contributed by atoms with Gasteiger partial charge in [-0.15, -0.1) is 0 Å². The van der Waals surface area contributed by atoms with Gasteiger partial charge in [0.15, 0.2) is 5.11 Å². The van der Waals surface area contributed by atoms with Gasteiger partial charge < -0.3 is 10.2 Å². The van der Waals surface area contributed by atoms with Crippen LogP contribution in [-0.2, 0) is 0 Å². The van der Waals surface area contributed by atoms with Gasteiger partial charge in [-0.2, -0.15) is 5.26 Å². The smallest absolute Gasteiger partial charge is 0.173 e.